The Labute approximate surface area is 118 Å². The Bertz CT molecular complexity index is 815. The van der Waals surface area contributed by atoms with Crippen LogP contribution in [-0.2, 0) is 6.54 Å². The summed E-state index contributed by atoms with van der Waals surface area (Å²) in [5, 5.41) is 18.1. The Morgan fingerprint density at radius 3 is 2.81 bits per heavy atom. The highest BCUT2D eigenvalue weighted by Gasteiger charge is 2.20. The molecule has 3 rings (SSSR count). The number of aromatic nitrogens is 2. The fraction of sp³-hybridized carbons (Fsp3) is 0.0769. The SMILES string of the molecule is NCc1cccc(Oc2ccc([N+](=O)[O-])c3nonc23)c1. The van der Waals surface area contributed by atoms with Gasteiger partial charge in [-0.1, -0.05) is 12.1 Å². The van der Waals surface area contributed by atoms with Crippen LogP contribution >= 0.6 is 0 Å². The Morgan fingerprint density at radius 1 is 1.24 bits per heavy atom. The molecule has 21 heavy (non-hydrogen) atoms. The number of benzene rings is 2. The van der Waals surface area contributed by atoms with Gasteiger partial charge in [0.1, 0.15) is 5.75 Å². The van der Waals surface area contributed by atoms with E-state index < -0.39 is 4.92 Å². The van der Waals surface area contributed by atoms with Crippen LogP contribution in [0.25, 0.3) is 11.0 Å². The summed E-state index contributed by atoms with van der Waals surface area (Å²) >= 11 is 0. The number of nitro benzene ring substituents is 1. The van der Waals surface area contributed by atoms with Crippen LogP contribution in [0.15, 0.2) is 41.0 Å². The van der Waals surface area contributed by atoms with Crippen molar-refractivity contribution in [3.63, 3.8) is 0 Å². The number of ether oxygens (including phenoxy) is 1. The normalized spacial score (nSPS) is 10.7. The maximum atomic E-state index is 10.9. The molecule has 0 saturated heterocycles. The molecule has 0 fully saturated rings. The van der Waals surface area contributed by atoms with Crippen molar-refractivity contribution in [2.75, 3.05) is 0 Å². The molecular weight excluding hydrogens is 276 g/mol. The molecule has 8 nitrogen and oxygen atoms in total. The van der Waals surface area contributed by atoms with Gasteiger partial charge in [-0.2, -0.15) is 0 Å². The van der Waals surface area contributed by atoms with Gasteiger partial charge >= 0.3 is 5.69 Å². The van der Waals surface area contributed by atoms with Crippen LogP contribution in [-0.4, -0.2) is 15.2 Å². The Morgan fingerprint density at radius 2 is 2.05 bits per heavy atom. The molecule has 0 spiro atoms. The van der Waals surface area contributed by atoms with E-state index in [1.807, 2.05) is 6.07 Å². The molecule has 0 amide bonds. The first-order valence-electron chi connectivity index (χ1n) is 6.05. The summed E-state index contributed by atoms with van der Waals surface area (Å²) in [7, 11) is 0. The Balaban J connectivity index is 2.03. The number of fused-ring (bicyclic) bond motifs is 1. The minimum absolute atomic E-state index is 0.0486. The molecule has 0 bridgehead atoms. The van der Waals surface area contributed by atoms with Crippen molar-refractivity contribution in [3.05, 3.63) is 52.1 Å². The van der Waals surface area contributed by atoms with Gasteiger partial charge in [-0.05, 0) is 34.1 Å². The predicted molar refractivity (Wildman–Crippen MR) is 72.9 cm³/mol. The fourth-order valence-electron chi connectivity index (χ4n) is 1.92. The maximum Gasteiger partial charge on any atom is 0.301 e. The second-order valence-electron chi connectivity index (χ2n) is 4.25. The van der Waals surface area contributed by atoms with Crippen LogP contribution in [0.4, 0.5) is 5.69 Å². The lowest BCUT2D eigenvalue weighted by Gasteiger charge is -2.06. The average molecular weight is 286 g/mol. The van der Waals surface area contributed by atoms with Gasteiger partial charge in [-0.25, -0.2) is 4.63 Å². The zero-order valence-corrected chi connectivity index (χ0v) is 10.7. The van der Waals surface area contributed by atoms with E-state index in [0.29, 0.717) is 18.0 Å². The number of rotatable bonds is 4. The summed E-state index contributed by atoms with van der Waals surface area (Å²) in [5.74, 6) is 0.877. The van der Waals surface area contributed by atoms with E-state index in [4.69, 9.17) is 10.5 Å². The molecule has 0 aliphatic carbocycles. The molecule has 3 aromatic rings. The van der Waals surface area contributed by atoms with Gasteiger partial charge in [0.2, 0.25) is 5.52 Å². The van der Waals surface area contributed by atoms with Crippen molar-refractivity contribution in [1.29, 1.82) is 0 Å². The monoisotopic (exact) mass is 286 g/mol. The Hall–Kier alpha value is -3.00. The summed E-state index contributed by atoms with van der Waals surface area (Å²) in [4.78, 5) is 10.4. The molecule has 1 heterocycles. The van der Waals surface area contributed by atoms with Crippen molar-refractivity contribution in [2.45, 2.75) is 6.54 Å². The van der Waals surface area contributed by atoms with E-state index in [1.54, 1.807) is 18.2 Å². The molecule has 0 radical (unpaired) electrons. The third-order valence-electron chi connectivity index (χ3n) is 2.92. The second kappa shape index (κ2) is 5.17. The van der Waals surface area contributed by atoms with Gasteiger partial charge in [-0.3, -0.25) is 10.1 Å². The molecular formula is C13H10N4O4. The van der Waals surface area contributed by atoms with Gasteiger partial charge in [-0.15, -0.1) is 0 Å². The van der Waals surface area contributed by atoms with Gasteiger partial charge in [0, 0.05) is 12.6 Å². The average Bonchev–Trinajstić information content (AvgIpc) is 2.97. The largest absolute Gasteiger partial charge is 0.455 e. The molecule has 106 valence electrons. The number of nitrogens with two attached hydrogens (primary N) is 1. The molecule has 0 aliphatic rings. The lowest BCUT2D eigenvalue weighted by Crippen LogP contribution is -1.96. The van der Waals surface area contributed by atoms with Crippen molar-refractivity contribution >= 4 is 16.7 Å². The quantitative estimate of drug-likeness (QED) is 0.577. The number of hydrogen-bond acceptors (Lipinski definition) is 7. The van der Waals surface area contributed by atoms with E-state index in [-0.39, 0.29) is 16.7 Å². The third kappa shape index (κ3) is 2.39. The minimum Gasteiger partial charge on any atom is -0.455 e. The van der Waals surface area contributed by atoms with Crippen LogP contribution in [0.3, 0.4) is 0 Å². The first-order valence-corrected chi connectivity index (χ1v) is 6.05. The molecule has 2 N–H and O–H groups in total. The molecule has 0 saturated carbocycles. The smallest absolute Gasteiger partial charge is 0.301 e. The number of nitrogens with zero attached hydrogens (tertiary/aromatic N) is 3. The lowest BCUT2D eigenvalue weighted by molar-refractivity contribution is -0.383. The van der Waals surface area contributed by atoms with Gasteiger partial charge in [0.15, 0.2) is 11.3 Å². The minimum atomic E-state index is -0.550. The summed E-state index contributed by atoms with van der Waals surface area (Å²) in [6, 6.07) is 9.96. The van der Waals surface area contributed by atoms with Crippen molar-refractivity contribution in [1.82, 2.24) is 10.3 Å². The van der Waals surface area contributed by atoms with Crippen LogP contribution < -0.4 is 10.5 Å². The first-order chi connectivity index (χ1) is 10.2. The fourth-order valence-corrected chi connectivity index (χ4v) is 1.92. The molecule has 8 heteroatoms. The van der Waals surface area contributed by atoms with Gasteiger partial charge < -0.3 is 10.5 Å². The first kappa shape index (κ1) is 13.0. The summed E-state index contributed by atoms with van der Waals surface area (Å²) in [6.07, 6.45) is 0. The predicted octanol–water partition coefficient (Wildman–Crippen LogP) is 2.38. The molecule has 2 aromatic carbocycles. The number of nitro groups is 1. The zero-order chi connectivity index (χ0) is 14.8. The molecule has 0 unspecified atom stereocenters. The van der Waals surface area contributed by atoms with Crippen LogP contribution in [0.5, 0.6) is 11.5 Å². The van der Waals surface area contributed by atoms with E-state index in [1.165, 1.54) is 12.1 Å². The summed E-state index contributed by atoms with van der Waals surface area (Å²) < 4.78 is 10.3. The second-order valence-corrected chi connectivity index (χ2v) is 4.25. The molecule has 0 aliphatic heterocycles. The molecule has 1 aromatic heterocycles. The number of non-ortho nitro benzene ring substituents is 1. The van der Waals surface area contributed by atoms with Crippen molar-refractivity contribution in [3.8, 4) is 11.5 Å². The summed E-state index contributed by atoms with van der Waals surface area (Å²) in [6.45, 7) is 0.387. The number of hydrogen-bond donors (Lipinski definition) is 1. The van der Waals surface area contributed by atoms with Gasteiger partial charge in [0.25, 0.3) is 0 Å². The van der Waals surface area contributed by atoms with Crippen LogP contribution in [0.1, 0.15) is 5.56 Å². The van der Waals surface area contributed by atoms with Gasteiger partial charge in [0.05, 0.1) is 4.92 Å². The highest BCUT2D eigenvalue weighted by atomic mass is 16.6. The Kier molecular flexibility index (Phi) is 3.20. The molecule has 0 atom stereocenters. The van der Waals surface area contributed by atoms with Crippen LogP contribution in [0, 0.1) is 10.1 Å². The topological polar surface area (TPSA) is 117 Å². The highest BCUT2D eigenvalue weighted by Crippen LogP contribution is 2.33. The van der Waals surface area contributed by atoms with Crippen LogP contribution in [0.2, 0.25) is 0 Å². The summed E-state index contributed by atoms with van der Waals surface area (Å²) in [5.41, 5.74) is 6.54. The van der Waals surface area contributed by atoms with E-state index in [2.05, 4.69) is 14.9 Å². The van der Waals surface area contributed by atoms with E-state index in [9.17, 15) is 10.1 Å². The van der Waals surface area contributed by atoms with Crippen molar-refractivity contribution < 1.29 is 14.3 Å². The van der Waals surface area contributed by atoms with Crippen molar-refractivity contribution in [2.24, 2.45) is 5.73 Å². The van der Waals surface area contributed by atoms with E-state index >= 15 is 0 Å². The van der Waals surface area contributed by atoms with E-state index in [0.717, 1.165) is 5.56 Å². The highest BCUT2D eigenvalue weighted by molar-refractivity contribution is 5.88. The lowest BCUT2D eigenvalue weighted by atomic mass is 10.2. The third-order valence-corrected chi connectivity index (χ3v) is 2.92. The zero-order valence-electron chi connectivity index (χ0n) is 10.7. The maximum absolute atomic E-state index is 10.9. The standard InChI is InChI=1S/C13H10N4O4/c14-7-8-2-1-3-9(6-8)20-11-5-4-10(17(18)19)12-13(11)16-21-15-12/h1-6H,7,14H2.